The van der Waals surface area contributed by atoms with E-state index < -0.39 is 10.0 Å². The molecule has 0 spiro atoms. The van der Waals surface area contributed by atoms with Gasteiger partial charge in [0.1, 0.15) is 17.0 Å². The highest BCUT2D eigenvalue weighted by atomic mass is 32.2. The second-order valence-electron chi connectivity index (χ2n) is 9.11. The number of para-hydroxylation sites is 1. The summed E-state index contributed by atoms with van der Waals surface area (Å²) in [6.45, 7) is 5.77. The third-order valence-corrected chi connectivity index (χ3v) is 9.48. The lowest BCUT2D eigenvalue weighted by Crippen LogP contribution is -2.37. The molecule has 5 rings (SSSR count). The summed E-state index contributed by atoms with van der Waals surface area (Å²) in [4.78, 5) is 20.2. The van der Waals surface area contributed by atoms with Crippen LogP contribution in [-0.2, 0) is 16.6 Å². The van der Waals surface area contributed by atoms with Crippen LogP contribution in [-0.4, -0.2) is 43.3 Å². The summed E-state index contributed by atoms with van der Waals surface area (Å²) in [5.74, 6) is 1.49. The van der Waals surface area contributed by atoms with Gasteiger partial charge in [0.2, 0.25) is 10.0 Å². The number of piperidine rings is 1. The molecule has 10 heteroatoms. The third kappa shape index (κ3) is 5.27. The van der Waals surface area contributed by atoms with Crippen LogP contribution in [0.4, 0.5) is 5.13 Å². The van der Waals surface area contributed by atoms with E-state index in [1.54, 1.807) is 35.4 Å². The van der Waals surface area contributed by atoms with Crippen LogP contribution in [0.3, 0.4) is 0 Å². The first kappa shape index (κ1) is 25.4. The molecule has 0 atom stereocenters. The molecule has 0 saturated carbocycles. The number of aromatic nitrogens is 1. The van der Waals surface area contributed by atoms with Gasteiger partial charge < -0.3 is 9.15 Å². The standard InChI is InChI=1S/C27H29N3O5S2/c1-3-34-23-7-4-8-24-25(23)28-27(36-24)30(18-21-6-5-17-35-21)26(31)20-9-11-22(12-10-20)37(32,33)29-15-13-19(2)14-16-29/h4-12,17,19H,3,13-16,18H2,1-2H3. The SMILES string of the molecule is CCOc1cccc2sc(N(Cc3ccco3)C(=O)c3ccc(S(=O)(=O)N4CCC(C)CC4)cc3)nc12. The van der Waals surface area contributed by atoms with Gasteiger partial charge in [-0.2, -0.15) is 4.31 Å². The number of sulfonamides is 1. The van der Waals surface area contributed by atoms with E-state index in [0.717, 1.165) is 17.5 Å². The Morgan fingerprint density at radius 3 is 2.57 bits per heavy atom. The molecular weight excluding hydrogens is 510 g/mol. The molecule has 2 aromatic heterocycles. The number of hydrogen-bond acceptors (Lipinski definition) is 7. The molecule has 0 aliphatic carbocycles. The van der Waals surface area contributed by atoms with Gasteiger partial charge in [0, 0.05) is 18.7 Å². The van der Waals surface area contributed by atoms with E-state index in [-0.39, 0.29) is 17.3 Å². The van der Waals surface area contributed by atoms with Crippen LogP contribution in [0, 0.1) is 5.92 Å². The van der Waals surface area contributed by atoms with Crippen molar-refractivity contribution in [1.82, 2.24) is 9.29 Å². The van der Waals surface area contributed by atoms with Crippen molar-refractivity contribution in [2.75, 3.05) is 24.6 Å². The minimum Gasteiger partial charge on any atom is -0.492 e. The number of furan rings is 1. The Bertz CT molecular complexity index is 1470. The van der Waals surface area contributed by atoms with Gasteiger partial charge in [0.25, 0.3) is 5.91 Å². The summed E-state index contributed by atoms with van der Waals surface area (Å²) in [5, 5.41) is 0.502. The first-order valence-electron chi connectivity index (χ1n) is 12.3. The fraction of sp³-hybridized carbons (Fsp3) is 0.333. The Morgan fingerprint density at radius 1 is 1.14 bits per heavy atom. The summed E-state index contributed by atoms with van der Waals surface area (Å²) in [6, 6.07) is 15.4. The summed E-state index contributed by atoms with van der Waals surface area (Å²) in [7, 11) is -3.60. The molecule has 3 heterocycles. The fourth-order valence-corrected chi connectivity index (χ4v) is 6.83. The number of anilines is 1. The average molecular weight is 540 g/mol. The molecule has 1 amide bonds. The quantitative estimate of drug-likeness (QED) is 0.291. The lowest BCUT2D eigenvalue weighted by Gasteiger charge is -2.29. The van der Waals surface area contributed by atoms with E-state index in [1.807, 2.05) is 25.1 Å². The monoisotopic (exact) mass is 539 g/mol. The molecule has 8 nitrogen and oxygen atoms in total. The lowest BCUT2D eigenvalue weighted by atomic mass is 10.0. The van der Waals surface area contributed by atoms with Gasteiger partial charge in [0.05, 0.1) is 29.0 Å². The molecule has 1 aliphatic rings. The minimum atomic E-state index is -3.60. The van der Waals surface area contributed by atoms with Gasteiger partial charge in [-0.05, 0) is 74.2 Å². The Labute approximate surface area is 220 Å². The zero-order valence-corrected chi connectivity index (χ0v) is 22.4. The minimum absolute atomic E-state index is 0.182. The molecule has 2 aromatic carbocycles. The molecule has 0 unspecified atom stereocenters. The second kappa shape index (κ2) is 10.6. The maximum absolute atomic E-state index is 13.7. The van der Waals surface area contributed by atoms with Crippen molar-refractivity contribution in [3.63, 3.8) is 0 Å². The summed E-state index contributed by atoms with van der Waals surface area (Å²) in [6.07, 6.45) is 3.26. The first-order chi connectivity index (χ1) is 17.9. The molecule has 4 aromatic rings. The smallest absolute Gasteiger partial charge is 0.260 e. The number of hydrogen-bond donors (Lipinski definition) is 0. The van der Waals surface area contributed by atoms with Gasteiger partial charge in [-0.15, -0.1) is 0 Å². The molecule has 0 radical (unpaired) electrons. The van der Waals surface area contributed by atoms with E-state index >= 15 is 0 Å². The molecule has 1 saturated heterocycles. The molecule has 0 N–H and O–H groups in total. The molecule has 1 aliphatic heterocycles. The van der Waals surface area contributed by atoms with E-state index in [4.69, 9.17) is 14.1 Å². The maximum Gasteiger partial charge on any atom is 0.260 e. The zero-order valence-electron chi connectivity index (χ0n) is 20.8. The molecule has 37 heavy (non-hydrogen) atoms. The van der Waals surface area contributed by atoms with Gasteiger partial charge in [-0.3, -0.25) is 9.69 Å². The number of rotatable bonds is 8. The Kier molecular flexibility index (Phi) is 7.32. The summed E-state index contributed by atoms with van der Waals surface area (Å²) in [5.41, 5.74) is 1.06. The van der Waals surface area contributed by atoms with E-state index in [0.29, 0.717) is 53.3 Å². The highest BCUT2D eigenvalue weighted by molar-refractivity contribution is 7.89. The normalized spacial score (nSPS) is 15.2. The van der Waals surface area contributed by atoms with Crippen molar-refractivity contribution in [2.45, 2.75) is 38.1 Å². The number of amides is 1. The van der Waals surface area contributed by atoms with Gasteiger partial charge in [0.15, 0.2) is 5.13 Å². The maximum atomic E-state index is 13.7. The van der Waals surface area contributed by atoms with E-state index in [9.17, 15) is 13.2 Å². The third-order valence-electron chi connectivity index (χ3n) is 6.52. The first-order valence-corrected chi connectivity index (χ1v) is 14.6. The number of ether oxygens (including phenoxy) is 1. The zero-order chi connectivity index (χ0) is 26.0. The molecule has 0 bridgehead atoms. The Balaban J connectivity index is 1.45. The van der Waals surface area contributed by atoms with Gasteiger partial charge in [-0.1, -0.05) is 24.3 Å². The number of nitrogens with zero attached hydrogens (tertiary/aromatic N) is 3. The van der Waals surface area contributed by atoms with Crippen molar-refractivity contribution < 1.29 is 22.4 Å². The average Bonchev–Trinajstić information content (AvgIpc) is 3.58. The predicted molar refractivity (Wildman–Crippen MR) is 144 cm³/mol. The highest BCUT2D eigenvalue weighted by Crippen LogP contribution is 2.35. The van der Waals surface area contributed by atoms with Gasteiger partial charge in [-0.25, -0.2) is 13.4 Å². The van der Waals surface area contributed by atoms with Crippen LogP contribution in [0.15, 0.2) is 70.2 Å². The fourth-order valence-electron chi connectivity index (χ4n) is 4.38. The van der Waals surface area contributed by atoms with Crippen molar-refractivity contribution in [3.8, 4) is 5.75 Å². The summed E-state index contributed by atoms with van der Waals surface area (Å²) >= 11 is 1.39. The predicted octanol–water partition coefficient (Wildman–Crippen LogP) is 5.56. The molecular formula is C27H29N3O5S2. The second-order valence-corrected chi connectivity index (χ2v) is 12.1. The molecule has 194 valence electrons. The van der Waals surface area contributed by atoms with Crippen molar-refractivity contribution in [3.05, 3.63) is 72.2 Å². The topological polar surface area (TPSA) is 92.9 Å². The van der Waals surface area contributed by atoms with Crippen LogP contribution in [0.5, 0.6) is 5.75 Å². The summed E-state index contributed by atoms with van der Waals surface area (Å²) < 4.78 is 39.9. The number of thiazole rings is 1. The Morgan fingerprint density at radius 2 is 1.89 bits per heavy atom. The highest BCUT2D eigenvalue weighted by Gasteiger charge is 2.29. The lowest BCUT2D eigenvalue weighted by molar-refractivity contribution is 0.0983. The van der Waals surface area contributed by atoms with Crippen molar-refractivity contribution in [1.29, 1.82) is 0 Å². The molecule has 1 fully saturated rings. The number of carbonyl (C=O) groups is 1. The van der Waals surface area contributed by atoms with Crippen molar-refractivity contribution in [2.24, 2.45) is 5.92 Å². The van der Waals surface area contributed by atoms with E-state index in [2.05, 4.69) is 6.92 Å². The largest absolute Gasteiger partial charge is 0.492 e. The van der Waals surface area contributed by atoms with Crippen LogP contribution >= 0.6 is 11.3 Å². The van der Waals surface area contributed by atoms with Crippen LogP contribution < -0.4 is 9.64 Å². The van der Waals surface area contributed by atoms with Gasteiger partial charge >= 0.3 is 0 Å². The van der Waals surface area contributed by atoms with Crippen LogP contribution in [0.2, 0.25) is 0 Å². The number of fused-ring (bicyclic) bond motifs is 1. The number of benzene rings is 2. The van der Waals surface area contributed by atoms with Crippen LogP contribution in [0.25, 0.3) is 10.2 Å². The van der Waals surface area contributed by atoms with E-state index in [1.165, 1.54) is 27.8 Å². The van der Waals surface area contributed by atoms with Crippen LogP contribution in [0.1, 0.15) is 42.8 Å². The number of carbonyl (C=O) groups excluding carboxylic acids is 1. The Hall–Kier alpha value is -3.21. The van der Waals surface area contributed by atoms with Crippen molar-refractivity contribution >= 4 is 42.6 Å².